The molecule has 3 aromatic rings. The Kier molecular flexibility index (Phi) is 4.11. The predicted molar refractivity (Wildman–Crippen MR) is 89.9 cm³/mol. The Hall–Kier alpha value is -2.68. The number of carbonyl (C=O) groups is 1. The van der Waals surface area contributed by atoms with Gasteiger partial charge in [-0.1, -0.05) is 12.8 Å². The van der Waals surface area contributed by atoms with Crippen LogP contribution in [0, 0.1) is 0 Å². The number of aryl methyl sites for hydroxylation is 1. The van der Waals surface area contributed by atoms with Crippen molar-refractivity contribution in [2.75, 3.05) is 11.9 Å². The molecule has 118 valence electrons. The molecule has 3 rings (SSSR count). The average molecular weight is 329 g/mol. The molecule has 8 nitrogen and oxygen atoms in total. The standard InChI is InChI=1S/C14H15N7OS/c1-3-21(23)14(22)19-12-7-15-11-5-4-10(17-13(11)18-12)9-6-16-20(2)8-9/h4-8,23H,3H2,1-2H3,(H,17,18,19,22). The van der Waals surface area contributed by atoms with Crippen LogP contribution in [-0.2, 0) is 7.05 Å². The van der Waals surface area contributed by atoms with Crippen molar-refractivity contribution in [1.82, 2.24) is 29.0 Å². The molecule has 0 aliphatic heterocycles. The number of fused-ring (bicyclic) bond motifs is 1. The number of carbonyl (C=O) groups excluding carboxylic acids is 1. The van der Waals surface area contributed by atoms with E-state index in [1.54, 1.807) is 10.9 Å². The van der Waals surface area contributed by atoms with Crippen LogP contribution in [-0.4, -0.2) is 41.6 Å². The van der Waals surface area contributed by atoms with E-state index in [1.165, 1.54) is 10.5 Å². The first-order chi connectivity index (χ1) is 11.1. The molecule has 0 radical (unpaired) electrons. The molecule has 0 saturated carbocycles. The summed E-state index contributed by atoms with van der Waals surface area (Å²) >= 11 is 4.04. The highest BCUT2D eigenvalue weighted by Crippen LogP contribution is 2.19. The minimum Gasteiger partial charge on any atom is -0.290 e. The van der Waals surface area contributed by atoms with Crippen molar-refractivity contribution in [3.05, 3.63) is 30.7 Å². The highest BCUT2D eigenvalue weighted by molar-refractivity contribution is 7.78. The fraction of sp³-hybridized carbons (Fsp3) is 0.214. The summed E-state index contributed by atoms with van der Waals surface area (Å²) in [4.78, 5) is 24.9. The number of nitrogens with one attached hydrogen (secondary N) is 1. The average Bonchev–Trinajstić information content (AvgIpc) is 2.99. The maximum atomic E-state index is 11.8. The molecule has 0 atom stereocenters. The number of pyridine rings is 1. The largest absolute Gasteiger partial charge is 0.332 e. The molecule has 0 fully saturated rings. The molecule has 0 aliphatic carbocycles. The summed E-state index contributed by atoms with van der Waals surface area (Å²) in [5, 5.41) is 6.76. The zero-order chi connectivity index (χ0) is 16.4. The smallest absolute Gasteiger partial charge is 0.290 e. The molecule has 0 aliphatic rings. The highest BCUT2D eigenvalue weighted by Gasteiger charge is 2.10. The van der Waals surface area contributed by atoms with Gasteiger partial charge in [-0.25, -0.2) is 19.7 Å². The summed E-state index contributed by atoms with van der Waals surface area (Å²) in [6.07, 6.45) is 5.09. The van der Waals surface area contributed by atoms with E-state index in [4.69, 9.17) is 0 Å². The second-order valence-corrected chi connectivity index (χ2v) is 5.33. The summed E-state index contributed by atoms with van der Waals surface area (Å²) in [7, 11) is 1.84. The van der Waals surface area contributed by atoms with Crippen LogP contribution in [0.15, 0.2) is 30.7 Å². The van der Waals surface area contributed by atoms with Crippen LogP contribution in [0.3, 0.4) is 0 Å². The Morgan fingerprint density at radius 3 is 2.87 bits per heavy atom. The van der Waals surface area contributed by atoms with Gasteiger partial charge in [0.15, 0.2) is 11.5 Å². The van der Waals surface area contributed by atoms with E-state index in [2.05, 4.69) is 38.2 Å². The van der Waals surface area contributed by atoms with Crippen molar-refractivity contribution in [3.63, 3.8) is 0 Å². The van der Waals surface area contributed by atoms with E-state index in [0.717, 1.165) is 11.3 Å². The number of aromatic nitrogens is 5. The number of anilines is 1. The zero-order valence-corrected chi connectivity index (χ0v) is 13.5. The van der Waals surface area contributed by atoms with E-state index < -0.39 is 0 Å². The van der Waals surface area contributed by atoms with Crippen molar-refractivity contribution >= 4 is 35.8 Å². The monoisotopic (exact) mass is 329 g/mol. The number of thiol groups is 1. The van der Waals surface area contributed by atoms with Gasteiger partial charge in [0.2, 0.25) is 0 Å². The number of hydrogen-bond acceptors (Lipinski definition) is 6. The third-order valence-electron chi connectivity index (χ3n) is 3.18. The molecule has 0 spiro atoms. The Bertz CT molecular complexity index is 863. The van der Waals surface area contributed by atoms with E-state index in [-0.39, 0.29) is 6.03 Å². The quantitative estimate of drug-likeness (QED) is 0.719. The fourth-order valence-electron chi connectivity index (χ4n) is 1.99. The molecule has 0 unspecified atom stereocenters. The molecule has 3 aromatic heterocycles. The lowest BCUT2D eigenvalue weighted by Crippen LogP contribution is -2.27. The maximum Gasteiger partial charge on any atom is 0.332 e. The van der Waals surface area contributed by atoms with E-state index in [0.29, 0.717) is 23.5 Å². The van der Waals surface area contributed by atoms with Crippen LogP contribution < -0.4 is 5.32 Å². The van der Waals surface area contributed by atoms with Gasteiger partial charge in [-0.15, -0.1) is 0 Å². The van der Waals surface area contributed by atoms with Gasteiger partial charge in [0.05, 0.1) is 18.1 Å². The van der Waals surface area contributed by atoms with E-state index >= 15 is 0 Å². The van der Waals surface area contributed by atoms with Gasteiger partial charge >= 0.3 is 6.03 Å². The Labute approximate surface area is 138 Å². The van der Waals surface area contributed by atoms with Crippen molar-refractivity contribution in [1.29, 1.82) is 0 Å². The SMILES string of the molecule is CCN(S)C(=O)Nc1cnc2ccc(-c3cnn(C)c3)nc2n1. The van der Waals surface area contributed by atoms with Gasteiger partial charge in [0.25, 0.3) is 0 Å². The van der Waals surface area contributed by atoms with Gasteiger partial charge in [-0.3, -0.25) is 14.3 Å². The van der Waals surface area contributed by atoms with Gasteiger partial charge < -0.3 is 0 Å². The molecular weight excluding hydrogens is 314 g/mol. The first kappa shape index (κ1) is 15.2. The van der Waals surface area contributed by atoms with Gasteiger partial charge in [0, 0.05) is 25.4 Å². The number of urea groups is 1. The lowest BCUT2D eigenvalue weighted by atomic mass is 10.2. The van der Waals surface area contributed by atoms with Crippen molar-refractivity contribution in [2.24, 2.45) is 7.05 Å². The third-order valence-corrected chi connectivity index (χ3v) is 3.64. The Morgan fingerprint density at radius 1 is 1.35 bits per heavy atom. The maximum absolute atomic E-state index is 11.8. The normalized spacial score (nSPS) is 10.7. The fourth-order valence-corrected chi connectivity index (χ4v) is 2.04. The molecule has 0 bridgehead atoms. The van der Waals surface area contributed by atoms with Crippen LogP contribution in [0.2, 0.25) is 0 Å². The van der Waals surface area contributed by atoms with Crippen LogP contribution in [0.5, 0.6) is 0 Å². The molecule has 23 heavy (non-hydrogen) atoms. The first-order valence-corrected chi connectivity index (χ1v) is 7.37. The summed E-state index contributed by atoms with van der Waals surface area (Å²) in [5.41, 5.74) is 2.73. The molecule has 2 amide bonds. The van der Waals surface area contributed by atoms with Crippen LogP contribution >= 0.6 is 12.8 Å². The predicted octanol–water partition coefficient (Wildman–Crippen LogP) is 2.12. The molecule has 0 aromatic carbocycles. The number of amides is 2. The van der Waals surface area contributed by atoms with Crippen LogP contribution in [0.4, 0.5) is 10.6 Å². The number of nitrogens with zero attached hydrogens (tertiary/aromatic N) is 6. The second-order valence-electron chi connectivity index (χ2n) is 4.84. The summed E-state index contributed by atoms with van der Waals surface area (Å²) < 4.78 is 2.95. The van der Waals surface area contributed by atoms with Crippen molar-refractivity contribution in [2.45, 2.75) is 6.92 Å². The minimum absolute atomic E-state index is 0.325. The Balaban J connectivity index is 1.93. The topological polar surface area (TPSA) is 88.8 Å². The van der Waals surface area contributed by atoms with Gasteiger partial charge in [-0.2, -0.15) is 5.10 Å². The van der Waals surface area contributed by atoms with Gasteiger partial charge in [-0.05, 0) is 19.1 Å². The summed E-state index contributed by atoms with van der Waals surface area (Å²) in [5.74, 6) is 0.325. The van der Waals surface area contributed by atoms with Crippen LogP contribution in [0.25, 0.3) is 22.4 Å². The molecule has 1 N–H and O–H groups in total. The molecule has 3 heterocycles. The van der Waals surface area contributed by atoms with Crippen molar-refractivity contribution < 1.29 is 4.79 Å². The van der Waals surface area contributed by atoms with Gasteiger partial charge in [0.1, 0.15) is 5.52 Å². The lowest BCUT2D eigenvalue weighted by Gasteiger charge is -2.13. The van der Waals surface area contributed by atoms with E-state index in [9.17, 15) is 4.79 Å². The first-order valence-electron chi connectivity index (χ1n) is 6.97. The highest BCUT2D eigenvalue weighted by atomic mass is 32.1. The summed E-state index contributed by atoms with van der Waals surface area (Å²) in [6, 6.07) is 3.33. The van der Waals surface area contributed by atoms with E-state index in [1.807, 2.05) is 32.3 Å². The Morgan fingerprint density at radius 2 is 2.17 bits per heavy atom. The summed E-state index contributed by atoms with van der Waals surface area (Å²) in [6.45, 7) is 2.29. The zero-order valence-electron chi connectivity index (χ0n) is 12.6. The molecule has 9 heteroatoms. The molecular formula is C14H15N7OS. The number of rotatable bonds is 3. The molecule has 0 saturated heterocycles. The second kappa shape index (κ2) is 6.21. The van der Waals surface area contributed by atoms with Crippen LogP contribution in [0.1, 0.15) is 6.92 Å². The number of hydrogen-bond donors (Lipinski definition) is 2. The lowest BCUT2D eigenvalue weighted by molar-refractivity contribution is 0.240. The van der Waals surface area contributed by atoms with Crippen molar-refractivity contribution in [3.8, 4) is 11.3 Å². The minimum atomic E-state index is -0.368. The third kappa shape index (κ3) is 3.24.